The molecule has 0 aliphatic rings. The number of thiophene rings is 1. The summed E-state index contributed by atoms with van der Waals surface area (Å²) in [4.78, 5) is 40.6. The Morgan fingerprint density at radius 3 is 2.58 bits per heavy atom. The fourth-order valence-corrected chi connectivity index (χ4v) is 3.68. The quantitative estimate of drug-likeness (QED) is 0.708. The number of anilines is 1. The van der Waals surface area contributed by atoms with Crippen LogP contribution < -0.4 is 16.2 Å². The molecule has 0 unspecified atom stereocenters. The number of hydrazine groups is 1. The molecule has 0 fully saturated rings. The van der Waals surface area contributed by atoms with Gasteiger partial charge in [0, 0.05) is 17.2 Å². The molecule has 0 saturated carbocycles. The standard InChI is InChI=1S/C15H18N4O3S2/c1-4-5-10-6-12(24-8(10)2)14(22)19-18-13(21)11-7-23-15(17-11)16-9(3)20/h6-7H,4-5H2,1-3H3,(H,18,21)(H,19,22)(H,16,17,20). The third kappa shape index (κ3) is 4.62. The van der Waals surface area contributed by atoms with Gasteiger partial charge in [-0.3, -0.25) is 25.2 Å². The first-order valence-corrected chi connectivity index (χ1v) is 9.03. The van der Waals surface area contributed by atoms with Gasteiger partial charge in [0.15, 0.2) is 5.13 Å². The average Bonchev–Trinajstić information content (AvgIpc) is 3.12. The highest BCUT2D eigenvalue weighted by Gasteiger charge is 2.15. The van der Waals surface area contributed by atoms with Gasteiger partial charge in [0.05, 0.1) is 4.88 Å². The van der Waals surface area contributed by atoms with Gasteiger partial charge < -0.3 is 5.32 Å². The lowest BCUT2D eigenvalue weighted by atomic mass is 10.1. The van der Waals surface area contributed by atoms with Crippen LogP contribution in [0.2, 0.25) is 0 Å². The summed E-state index contributed by atoms with van der Waals surface area (Å²) in [5.74, 6) is -1.17. The number of aromatic nitrogens is 1. The van der Waals surface area contributed by atoms with E-state index in [2.05, 4.69) is 28.1 Å². The van der Waals surface area contributed by atoms with Crippen LogP contribution in [0.5, 0.6) is 0 Å². The lowest BCUT2D eigenvalue weighted by Crippen LogP contribution is -2.41. The number of amides is 3. The van der Waals surface area contributed by atoms with Crippen molar-refractivity contribution in [3.63, 3.8) is 0 Å². The minimum atomic E-state index is -0.543. The molecular weight excluding hydrogens is 348 g/mol. The smallest absolute Gasteiger partial charge is 0.289 e. The van der Waals surface area contributed by atoms with Crippen LogP contribution in [0.25, 0.3) is 0 Å². The van der Waals surface area contributed by atoms with Crippen molar-refractivity contribution in [2.75, 3.05) is 5.32 Å². The van der Waals surface area contributed by atoms with E-state index in [0.717, 1.165) is 34.6 Å². The van der Waals surface area contributed by atoms with Crippen LogP contribution in [-0.2, 0) is 11.2 Å². The van der Waals surface area contributed by atoms with Crippen LogP contribution in [0.3, 0.4) is 0 Å². The van der Waals surface area contributed by atoms with E-state index >= 15 is 0 Å². The van der Waals surface area contributed by atoms with E-state index in [0.29, 0.717) is 10.0 Å². The Bertz CT molecular complexity index is 767. The monoisotopic (exact) mass is 366 g/mol. The van der Waals surface area contributed by atoms with Crippen LogP contribution in [0.4, 0.5) is 5.13 Å². The maximum Gasteiger partial charge on any atom is 0.289 e. The molecule has 3 N–H and O–H groups in total. The van der Waals surface area contributed by atoms with Gasteiger partial charge in [-0.2, -0.15) is 0 Å². The van der Waals surface area contributed by atoms with E-state index in [-0.39, 0.29) is 17.5 Å². The first kappa shape index (κ1) is 18.1. The number of hydrogen-bond acceptors (Lipinski definition) is 6. The van der Waals surface area contributed by atoms with Crippen molar-refractivity contribution in [1.82, 2.24) is 15.8 Å². The van der Waals surface area contributed by atoms with Crippen molar-refractivity contribution in [2.24, 2.45) is 0 Å². The van der Waals surface area contributed by atoms with E-state index in [4.69, 9.17) is 0 Å². The molecule has 128 valence electrons. The molecule has 2 heterocycles. The molecule has 24 heavy (non-hydrogen) atoms. The third-order valence-corrected chi connectivity index (χ3v) is 4.92. The van der Waals surface area contributed by atoms with E-state index < -0.39 is 5.91 Å². The van der Waals surface area contributed by atoms with Gasteiger partial charge in [-0.25, -0.2) is 4.98 Å². The second kappa shape index (κ2) is 8.02. The van der Waals surface area contributed by atoms with Crippen LogP contribution in [0.1, 0.15) is 50.9 Å². The van der Waals surface area contributed by atoms with Crippen molar-refractivity contribution in [3.8, 4) is 0 Å². The van der Waals surface area contributed by atoms with Gasteiger partial charge in [-0.1, -0.05) is 13.3 Å². The Hall–Kier alpha value is -2.26. The highest BCUT2D eigenvalue weighted by Crippen LogP contribution is 2.22. The Morgan fingerprint density at radius 2 is 1.92 bits per heavy atom. The molecule has 9 heteroatoms. The van der Waals surface area contributed by atoms with Crippen molar-refractivity contribution in [3.05, 3.63) is 32.5 Å². The average molecular weight is 366 g/mol. The molecule has 2 aromatic rings. The van der Waals surface area contributed by atoms with Crippen molar-refractivity contribution in [1.29, 1.82) is 0 Å². The molecular formula is C15H18N4O3S2. The number of carbonyl (C=O) groups excluding carboxylic acids is 3. The second-order valence-electron chi connectivity index (χ2n) is 5.07. The van der Waals surface area contributed by atoms with Gasteiger partial charge in [0.25, 0.3) is 11.8 Å². The number of nitrogens with one attached hydrogen (secondary N) is 3. The first-order chi connectivity index (χ1) is 11.4. The van der Waals surface area contributed by atoms with E-state index in [1.807, 2.05) is 13.0 Å². The van der Waals surface area contributed by atoms with Crippen LogP contribution in [0, 0.1) is 6.92 Å². The zero-order valence-corrected chi connectivity index (χ0v) is 15.2. The normalized spacial score (nSPS) is 10.3. The molecule has 0 saturated heterocycles. The maximum atomic E-state index is 12.1. The summed E-state index contributed by atoms with van der Waals surface area (Å²) >= 11 is 2.53. The molecule has 0 aliphatic carbocycles. The lowest BCUT2D eigenvalue weighted by Gasteiger charge is -2.04. The highest BCUT2D eigenvalue weighted by atomic mass is 32.1. The largest absolute Gasteiger partial charge is 0.302 e. The number of hydrogen-bond donors (Lipinski definition) is 3. The highest BCUT2D eigenvalue weighted by molar-refractivity contribution is 7.14. The summed E-state index contributed by atoms with van der Waals surface area (Å²) in [7, 11) is 0. The molecule has 7 nitrogen and oxygen atoms in total. The lowest BCUT2D eigenvalue weighted by molar-refractivity contribution is -0.114. The zero-order valence-electron chi connectivity index (χ0n) is 13.6. The van der Waals surface area contributed by atoms with E-state index in [1.54, 1.807) is 0 Å². The predicted molar refractivity (Wildman–Crippen MR) is 94.4 cm³/mol. The topological polar surface area (TPSA) is 100 Å². The Balaban J connectivity index is 1.93. The number of nitrogens with zero attached hydrogens (tertiary/aromatic N) is 1. The van der Waals surface area contributed by atoms with E-state index in [9.17, 15) is 14.4 Å². The fraction of sp³-hybridized carbons (Fsp3) is 0.333. The van der Waals surface area contributed by atoms with Crippen molar-refractivity contribution in [2.45, 2.75) is 33.6 Å². The SMILES string of the molecule is CCCc1cc(C(=O)NNC(=O)c2csc(NC(C)=O)n2)sc1C. The fourth-order valence-electron chi connectivity index (χ4n) is 1.97. The summed E-state index contributed by atoms with van der Waals surface area (Å²) in [5, 5.41) is 4.33. The molecule has 0 aromatic carbocycles. The molecule has 0 radical (unpaired) electrons. The van der Waals surface area contributed by atoms with Gasteiger partial charge in [-0.05, 0) is 25.0 Å². The van der Waals surface area contributed by atoms with Crippen molar-refractivity contribution >= 4 is 45.5 Å². The molecule has 3 amide bonds. The van der Waals surface area contributed by atoms with Gasteiger partial charge in [0.1, 0.15) is 5.69 Å². The Morgan fingerprint density at radius 1 is 1.21 bits per heavy atom. The summed E-state index contributed by atoms with van der Waals surface area (Å²) < 4.78 is 0. The number of rotatable bonds is 5. The van der Waals surface area contributed by atoms with Gasteiger partial charge in [0.2, 0.25) is 5.91 Å². The van der Waals surface area contributed by atoms with Gasteiger partial charge in [-0.15, -0.1) is 22.7 Å². The number of aryl methyl sites for hydroxylation is 2. The van der Waals surface area contributed by atoms with Crippen LogP contribution >= 0.6 is 22.7 Å². The van der Waals surface area contributed by atoms with Crippen LogP contribution in [0.15, 0.2) is 11.4 Å². The minimum Gasteiger partial charge on any atom is -0.302 e. The van der Waals surface area contributed by atoms with Gasteiger partial charge >= 0.3 is 0 Å². The molecule has 0 aliphatic heterocycles. The summed E-state index contributed by atoms with van der Waals surface area (Å²) in [6.07, 6.45) is 1.93. The minimum absolute atomic E-state index is 0.123. The third-order valence-electron chi connectivity index (χ3n) is 3.07. The number of carbonyl (C=O) groups is 3. The predicted octanol–water partition coefficient (Wildman–Crippen LogP) is 2.50. The molecule has 0 bridgehead atoms. The zero-order chi connectivity index (χ0) is 17.7. The van der Waals surface area contributed by atoms with Crippen LogP contribution in [-0.4, -0.2) is 22.7 Å². The molecule has 2 rings (SSSR count). The summed E-state index contributed by atoms with van der Waals surface area (Å²) in [6.45, 7) is 5.42. The second-order valence-corrected chi connectivity index (χ2v) is 7.18. The maximum absolute atomic E-state index is 12.1. The summed E-state index contributed by atoms with van der Waals surface area (Å²) in [6, 6.07) is 1.85. The molecule has 0 atom stereocenters. The summed E-state index contributed by atoms with van der Waals surface area (Å²) in [5.41, 5.74) is 5.98. The van der Waals surface area contributed by atoms with E-state index in [1.165, 1.54) is 23.6 Å². The molecule has 0 spiro atoms. The molecule has 2 aromatic heterocycles. The van der Waals surface area contributed by atoms with Crippen molar-refractivity contribution < 1.29 is 14.4 Å². The first-order valence-electron chi connectivity index (χ1n) is 7.33. The Labute approximate surface area is 147 Å². The number of thiazole rings is 1. The Kier molecular flexibility index (Phi) is 6.04.